The quantitative estimate of drug-likeness (QED) is 0.411. The second-order valence-corrected chi connectivity index (χ2v) is 7.19. The second kappa shape index (κ2) is 7.98. The number of pyridine rings is 2. The number of nitrogens with zero attached hydrogens (tertiary/aromatic N) is 3. The lowest BCUT2D eigenvalue weighted by molar-refractivity contribution is 0.296. The molecule has 7 heteroatoms. The van der Waals surface area contributed by atoms with Crippen molar-refractivity contribution in [3.63, 3.8) is 0 Å². The molecule has 3 N–H and O–H groups in total. The minimum absolute atomic E-state index is 0.0507. The normalized spacial score (nSPS) is 12.0. The summed E-state index contributed by atoms with van der Waals surface area (Å²) >= 11 is 0. The van der Waals surface area contributed by atoms with Crippen molar-refractivity contribution in [1.82, 2.24) is 9.97 Å². The third kappa shape index (κ3) is 3.89. The number of anilines is 2. The van der Waals surface area contributed by atoms with Gasteiger partial charge in [-0.15, -0.1) is 0 Å². The van der Waals surface area contributed by atoms with Crippen LogP contribution in [0.2, 0.25) is 0 Å². The first-order chi connectivity index (χ1) is 14.4. The van der Waals surface area contributed by atoms with E-state index in [2.05, 4.69) is 15.3 Å². The zero-order chi connectivity index (χ0) is 21.3. The van der Waals surface area contributed by atoms with Crippen molar-refractivity contribution in [2.24, 2.45) is 0 Å². The van der Waals surface area contributed by atoms with Gasteiger partial charge in [-0.2, -0.15) is 0 Å². The van der Waals surface area contributed by atoms with Gasteiger partial charge in [-0.05, 0) is 55.3 Å². The van der Waals surface area contributed by atoms with Crippen LogP contribution < -0.4 is 10.5 Å². The smallest absolute Gasteiger partial charge is 0.147 e. The van der Waals surface area contributed by atoms with Crippen LogP contribution in [-0.2, 0) is 0 Å². The van der Waals surface area contributed by atoms with Crippen LogP contribution in [0, 0.1) is 19.1 Å². The lowest BCUT2D eigenvalue weighted by Gasteiger charge is -2.26. The average molecular weight is 401 g/mol. The third-order valence-corrected chi connectivity index (χ3v) is 4.95. The van der Waals surface area contributed by atoms with E-state index in [0.29, 0.717) is 22.5 Å². The number of hydrogen-bond donors (Lipinski definition) is 3. The van der Waals surface area contributed by atoms with Crippen molar-refractivity contribution < 1.29 is 10.3 Å². The van der Waals surface area contributed by atoms with E-state index in [1.165, 1.54) is 6.07 Å². The minimum Gasteiger partial charge on any atom is -0.733 e. The molecule has 0 spiro atoms. The summed E-state index contributed by atoms with van der Waals surface area (Å²) in [5.41, 5.74) is 3.67. The molecule has 152 valence electrons. The molecule has 0 aliphatic rings. The predicted molar refractivity (Wildman–Crippen MR) is 117 cm³/mol. The van der Waals surface area contributed by atoms with Crippen LogP contribution in [0.4, 0.5) is 11.5 Å². The third-order valence-electron chi connectivity index (χ3n) is 4.95. The molecule has 0 amide bonds. The lowest BCUT2D eigenvalue weighted by atomic mass is 9.95. The summed E-state index contributed by atoms with van der Waals surface area (Å²) in [5.74, 6) is 0.666. The Morgan fingerprint density at radius 3 is 2.60 bits per heavy atom. The van der Waals surface area contributed by atoms with E-state index in [0.717, 1.165) is 16.6 Å². The fraction of sp³-hybridized carbons (Fsp3) is 0.130. The highest BCUT2D eigenvalue weighted by molar-refractivity contribution is 5.86. The van der Waals surface area contributed by atoms with Crippen molar-refractivity contribution >= 4 is 22.4 Å². The van der Waals surface area contributed by atoms with Crippen molar-refractivity contribution in [1.29, 1.82) is 0 Å². The molecule has 2 heterocycles. The van der Waals surface area contributed by atoms with Crippen molar-refractivity contribution in [2.45, 2.75) is 19.9 Å². The maximum Gasteiger partial charge on any atom is 0.147 e. The topological polar surface area (TPSA) is 105 Å². The number of aromatic nitrogens is 2. The minimum atomic E-state index is -0.536. The summed E-state index contributed by atoms with van der Waals surface area (Å²) in [6.45, 7) is 3.83. The van der Waals surface area contributed by atoms with Gasteiger partial charge < -0.3 is 20.9 Å². The van der Waals surface area contributed by atoms with Gasteiger partial charge in [-0.3, -0.25) is 5.21 Å². The number of rotatable bonds is 5. The zero-order valence-corrected chi connectivity index (χ0v) is 16.6. The molecular formula is C23H21N4O3-. The molecule has 0 saturated carbocycles. The van der Waals surface area contributed by atoms with Gasteiger partial charge in [0.2, 0.25) is 0 Å². The Balaban J connectivity index is 1.88. The van der Waals surface area contributed by atoms with Gasteiger partial charge in [0.1, 0.15) is 17.1 Å². The van der Waals surface area contributed by atoms with E-state index in [1.54, 1.807) is 18.3 Å². The van der Waals surface area contributed by atoms with Crippen molar-refractivity contribution in [2.75, 3.05) is 10.5 Å². The number of aryl methyl sites for hydroxylation is 2. The fourth-order valence-electron chi connectivity index (χ4n) is 3.45. The molecule has 0 radical (unpaired) electrons. The number of hydrogen-bond acceptors (Lipinski definition) is 7. The van der Waals surface area contributed by atoms with Crippen molar-refractivity contribution in [3.05, 3.63) is 94.5 Å². The molecular weight excluding hydrogens is 380 g/mol. The molecule has 2 aromatic heterocycles. The molecule has 30 heavy (non-hydrogen) atoms. The monoisotopic (exact) mass is 401 g/mol. The Labute approximate surface area is 173 Å². The molecule has 0 saturated heterocycles. The highest BCUT2D eigenvalue weighted by atomic mass is 16.8. The van der Waals surface area contributed by atoms with Gasteiger partial charge in [0.15, 0.2) is 0 Å². The fourth-order valence-corrected chi connectivity index (χ4v) is 3.45. The van der Waals surface area contributed by atoms with Gasteiger partial charge in [0.25, 0.3) is 0 Å². The van der Waals surface area contributed by atoms with Crippen LogP contribution in [0.3, 0.4) is 0 Å². The largest absolute Gasteiger partial charge is 0.733 e. The SMILES string of the molecule is Cc1ccnc(NC(c2cccc(N([O-])O)c2)c2ccc3ccc(C)nc3c2O)c1. The summed E-state index contributed by atoms with van der Waals surface area (Å²) in [5, 5.41) is 35.8. The molecule has 4 rings (SSSR count). The zero-order valence-electron chi connectivity index (χ0n) is 16.6. The molecule has 0 aliphatic heterocycles. The first-order valence-corrected chi connectivity index (χ1v) is 9.47. The van der Waals surface area contributed by atoms with E-state index >= 15 is 0 Å². The first kappa shape index (κ1) is 19.6. The molecule has 0 bridgehead atoms. The second-order valence-electron chi connectivity index (χ2n) is 7.19. The molecule has 7 nitrogen and oxygen atoms in total. The van der Waals surface area contributed by atoms with Crippen LogP contribution >= 0.6 is 0 Å². The number of benzene rings is 2. The van der Waals surface area contributed by atoms with Gasteiger partial charge in [-0.25, -0.2) is 9.97 Å². The van der Waals surface area contributed by atoms with Gasteiger partial charge in [0, 0.05) is 22.8 Å². The van der Waals surface area contributed by atoms with Gasteiger partial charge in [-0.1, -0.05) is 30.3 Å². The van der Waals surface area contributed by atoms with Gasteiger partial charge in [0.05, 0.1) is 11.7 Å². The highest BCUT2D eigenvalue weighted by Crippen LogP contribution is 2.37. The number of fused-ring (bicyclic) bond motifs is 1. The van der Waals surface area contributed by atoms with Crippen LogP contribution in [-0.4, -0.2) is 20.3 Å². The maximum absolute atomic E-state index is 11.4. The number of phenolic OH excluding ortho intramolecular Hbond substituents is 1. The molecule has 4 aromatic rings. The first-order valence-electron chi connectivity index (χ1n) is 9.47. The Kier molecular flexibility index (Phi) is 5.22. The summed E-state index contributed by atoms with van der Waals surface area (Å²) in [7, 11) is 0. The highest BCUT2D eigenvalue weighted by Gasteiger charge is 2.21. The molecule has 1 unspecified atom stereocenters. The Bertz CT molecular complexity index is 1210. The maximum atomic E-state index is 11.4. The van der Waals surface area contributed by atoms with E-state index < -0.39 is 6.04 Å². The van der Waals surface area contributed by atoms with Gasteiger partial charge >= 0.3 is 0 Å². The predicted octanol–water partition coefficient (Wildman–Crippen LogP) is 4.85. The summed E-state index contributed by atoms with van der Waals surface area (Å²) in [6, 6.07) is 17.3. The van der Waals surface area contributed by atoms with Crippen LogP contribution in [0.5, 0.6) is 5.75 Å². The van der Waals surface area contributed by atoms with Crippen molar-refractivity contribution in [3.8, 4) is 5.75 Å². The van der Waals surface area contributed by atoms with E-state index in [1.807, 2.05) is 56.3 Å². The molecule has 0 fully saturated rings. The summed E-state index contributed by atoms with van der Waals surface area (Å²) < 4.78 is 0. The number of nitrogens with one attached hydrogen (secondary N) is 1. The lowest BCUT2D eigenvalue weighted by Crippen LogP contribution is -2.15. The molecule has 1 atom stereocenters. The van der Waals surface area contributed by atoms with Crippen LogP contribution in [0.1, 0.15) is 28.4 Å². The van der Waals surface area contributed by atoms with Crippen LogP contribution in [0.15, 0.2) is 66.9 Å². The van der Waals surface area contributed by atoms with E-state index in [-0.39, 0.29) is 16.7 Å². The summed E-state index contributed by atoms with van der Waals surface area (Å²) in [6.07, 6.45) is 1.70. The molecule has 0 aliphatic carbocycles. The van der Waals surface area contributed by atoms with E-state index in [9.17, 15) is 15.5 Å². The standard InChI is InChI=1S/C23H21N4O3/c1-14-10-11-24-20(12-14)26-21(17-4-3-5-18(13-17)27(29)30)19-9-8-16-7-6-15(2)25-22(16)23(19)28/h3-13,21,28-29H,1-2H3,(H,24,26)/q-1. The Morgan fingerprint density at radius 1 is 1.03 bits per heavy atom. The van der Waals surface area contributed by atoms with Crippen LogP contribution in [0.25, 0.3) is 10.9 Å². The molecule has 2 aromatic carbocycles. The Hall–Kier alpha value is -3.68. The van der Waals surface area contributed by atoms with E-state index in [4.69, 9.17) is 0 Å². The Morgan fingerprint density at radius 2 is 1.83 bits per heavy atom. The summed E-state index contributed by atoms with van der Waals surface area (Å²) in [4.78, 5) is 8.85. The number of phenols is 1. The number of aromatic hydroxyl groups is 1. The average Bonchev–Trinajstić information content (AvgIpc) is 2.73.